The summed E-state index contributed by atoms with van der Waals surface area (Å²) in [5.41, 5.74) is 6.35. The zero-order chi connectivity index (χ0) is 10.1. The van der Waals surface area contributed by atoms with E-state index in [-0.39, 0.29) is 5.91 Å². The summed E-state index contributed by atoms with van der Waals surface area (Å²) in [7, 11) is 0. The van der Waals surface area contributed by atoms with E-state index in [1.165, 1.54) is 11.8 Å². The fraction of sp³-hybridized carbons (Fsp3) is 0.111. The van der Waals surface area contributed by atoms with Gasteiger partial charge in [0.05, 0.1) is 11.4 Å². The summed E-state index contributed by atoms with van der Waals surface area (Å²) in [6, 6.07) is 4.99. The second kappa shape index (κ2) is 3.34. The number of hydrogen-bond acceptors (Lipinski definition) is 3. The quantitative estimate of drug-likeness (QED) is 0.718. The topological polar surface area (TPSA) is 72.2 Å². The molecule has 1 aromatic rings. The van der Waals surface area contributed by atoms with Crippen molar-refractivity contribution in [2.45, 2.75) is 4.90 Å². The van der Waals surface area contributed by atoms with E-state index in [9.17, 15) is 9.59 Å². The lowest BCUT2D eigenvalue weighted by molar-refractivity contribution is -0.113. The van der Waals surface area contributed by atoms with Gasteiger partial charge in [0, 0.05) is 10.5 Å². The van der Waals surface area contributed by atoms with Crippen molar-refractivity contribution in [2.75, 3.05) is 11.1 Å². The molecule has 3 N–H and O–H groups in total. The number of amides is 2. The van der Waals surface area contributed by atoms with Gasteiger partial charge in [0.1, 0.15) is 0 Å². The Morgan fingerprint density at radius 1 is 1.50 bits per heavy atom. The van der Waals surface area contributed by atoms with E-state index in [4.69, 9.17) is 5.73 Å². The van der Waals surface area contributed by atoms with Gasteiger partial charge < -0.3 is 11.1 Å². The summed E-state index contributed by atoms with van der Waals surface area (Å²) in [6.07, 6.45) is 0. The number of anilines is 1. The van der Waals surface area contributed by atoms with Crippen LogP contribution in [-0.2, 0) is 4.79 Å². The second-order valence-corrected chi connectivity index (χ2v) is 3.93. The fourth-order valence-corrected chi connectivity index (χ4v) is 2.07. The second-order valence-electron chi connectivity index (χ2n) is 2.91. The first-order chi connectivity index (χ1) is 6.66. The molecule has 0 radical (unpaired) electrons. The molecule has 1 aliphatic heterocycles. The van der Waals surface area contributed by atoms with Crippen LogP contribution < -0.4 is 11.1 Å². The summed E-state index contributed by atoms with van der Waals surface area (Å²) in [6.45, 7) is 0. The Morgan fingerprint density at radius 3 is 3.00 bits per heavy atom. The van der Waals surface area contributed by atoms with E-state index >= 15 is 0 Å². The molecule has 1 aromatic carbocycles. The number of benzene rings is 1. The van der Waals surface area contributed by atoms with E-state index in [0.29, 0.717) is 11.3 Å². The lowest BCUT2D eigenvalue weighted by atomic mass is 10.2. The zero-order valence-electron chi connectivity index (χ0n) is 7.24. The molecule has 0 saturated heterocycles. The van der Waals surface area contributed by atoms with Crippen molar-refractivity contribution >= 4 is 29.3 Å². The summed E-state index contributed by atoms with van der Waals surface area (Å²) in [5.74, 6) is -0.0884. The van der Waals surface area contributed by atoms with Gasteiger partial charge in [-0.1, -0.05) is 0 Å². The number of thioether (sulfide) groups is 1. The third-order valence-corrected chi connectivity index (χ3v) is 2.95. The van der Waals surface area contributed by atoms with E-state index < -0.39 is 5.91 Å². The standard InChI is InChI=1S/C9H8N2O2S/c10-9(13)5-1-2-6-7(3-5)14-4-8(12)11-6/h1-3H,4H2,(H2,10,13)(H,11,12). The van der Waals surface area contributed by atoms with E-state index in [1.807, 2.05) is 0 Å². The molecule has 2 rings (SSSR count). The average molecular weight is 208 g/mol. The minimum atomic E-state index is -0.453. The van der Waals surface area contributed by atoms with Gasteiger partial charge >= 0.3 is 0 Å². The van der Waals surface area contributed by atoms with Crippen LogP contribution in [0.25, 0.3) is 0 Å². The first-order valence-electron chi connectivity index (χ1n) is 4.03. The SMILES string of the molecule is NC(=O)c1ccc2c(c1)SCC(=O)N2. The molecule has 1 aliphatic rings. The third-order valence-electron chi connectivity index (χ3n) is 1.90. The zero-order valence-corrected chi connectivity index (χ0v) is 8.06. The van der Waals surface area contributed by atoms with Crippen LogP contribution in [-0.4, -0.2) is 17.6 Å². The number of carbonyl (C=O) groups is 2. The van der Waals surface area contributed by atoms with Crippen molar-refractivity contribution in [2.24, 2.45) is 5.73 Å². The maximum absolute atomic E-state index is 11.0. The molecule has 0 aromatic heterocycles. The van der Waals surface area contributed by atoms with Crippen molar-refractivity contribution in [3.63, 3.8) is 0 Å². The van der Waals surface area contributed by atoms with Crippen LogP contribution in [0.3, 0.4) is 0 Å². The Balaban J connectivity index is 2.41. The highest BCUT2D eigenvalue weighted by Crippen LogP contribution is 2.31. The number of primary amides is 1. The third kappa shape index (κ3) is 1.58. The van der Waals surface area contributed by atoms with E-state index in [2.05, 4.69) is 5.32 Å². The maximum atomic E-state index is 11.0. The molecular formula is C9H8N2O2S. The molecule has 2 amide bonds. The van der Waals surface area contributed by atoms with Crippen LogP contribution in [0.15, 0.2) is 23.1 Å². The Morgan fingerprint density at radius 2 is 2.29 bits per heavy atom. The lowest BCUT2D eigenvalue weighted by Crippen LogP contribution is -2.19. The van der Waals surface area contributed by atoms with Gasteiger partial charge in [-0.25, -0.2) is 0 Å². The molecule has 14 heavy (non-hydrogen) atoms. The summed E-state index contributed by atoms with van der Waals surface area (Å²) in [5, 5.41) is 2.71. The lowest BCUT2D eigenvalue weighted by Gasteiger charge is -2.16. The number of hydrogen-bond donors (Lipinski definition) is 2. The van der Waals surface area contributed by atoms with E-state index in [1.54, 1.807) is 18.2 Å². The van der Waals surface area contributed by atoms with Crippen molar-refractivity contribution in [1.29, 1.82) is 0 Å². The van der Waals surface area contributed by atoms with Crippen molar-refractivity contribution in [3.05, 3.63) is 23.8 Å². The van der Waals surface area contributed by atoms with Crippen LogP contribution in [0.5, 0.6) is 0 Å². The Kier molecular flexibility index (Phi) is 2.17. The normalized spacial score (nSPS) is 14.4. The monoisotopic (exact) mass is 208 g/mol. The average Bonchev–Trinajstić information content (AvgIpc) is 2.16. The molecule has 72 valence electrons. The van der Waals surface area contributed by atoms with Crippen LogP contribution in [0.2, 0.25) is 0 Å². The first kappa shape index (κ1) is 9.08. The predicted octanol–water partition coefficient (Wildman–Crippen LogP) is 0.830. The van der Waals surface area contributed by atoms with Gasteiger partial charge in [-0.3, -0.25) is 9.59 Å². The number of fused-ring (bicyclic) bond motifs is 1. The summed E-state index contributed by atoms with van der Waals surface area (Å²) < 4.78 is 0. The van der Waals surface area contributed by atoms with Gasteiger partial charge in [-0.15, -0.1) is 11.8 Å². The highest BCUT2D eigenvalue weighted by Gasteiger charge is 2.16. The van der Waals surface area contributed by atoms with Gasteiger partial charge in [-0.2, -0.15) is 0 Å². The smallest absolute Gasteiger partial charge is 0.248 e. The maximum Gasteiger partial charge on any atom is 0.248 e. The molecule has 4 nitrogen and oxygen atoms in total. The molecule has 0 fully saturated rings. The molecule has 0 saturated carbocycles. The van der Waals surface area contributed by atoms with Crippen LogP contribution in [0.4, 0.5) is 5.69 Å². The largest absolute Gasteiger partial charge is 0.366 e. The molecule has 0 bridgehead atoms. The predicted molar refractivity (Wildman–Crippen MR) is 54.3 cm³/mol. The molecular weight excluding hydrogens is 200 g/mol. The molecule has 0 unspecified atom stereocenters. The van der Waals surface area contributed by atoms with Crippen molar-refractivity contribution in [3.8, 4) is 0 Å². The molecule has 0 spiro atoms. The van der Waals surface area contributed by atoms with Crippen molar-refractivity contribution in [1.82, 2.24) is 0 Å². The van der Waals surface area contributed by atoms with Gasteiger partial charge in [0.2, 0.25) is 11.8 Å². The minimum Gasteiger partial charge on any atom is -0.366 e. The van der Waals surface area contributed by atoms with Gasteiger partial charge in [0.25, 0.3) is 0 Å². The number of rotatable bonds is 1. The van der Waals surface area contributed by atoms with Gasteiger partial charge in [-0.05, 0) is 18.2 Å². The number of nitrogens with two attached hydrogens (primary N) is 1. The Bertz CT molecular complexity index is 417. The highest BCUT2D eigenvalue weighted by molar-refractivity contribution is 8.00. The summed E-state index contributed by atoms with van der Waals surface area (Å²) in [4.78, 5) is 22.8. The Hall–Kier alpha value is -1.49. The summed E-state index contributed by atoms with van der Waals surface area (Å²) >= 11 is 1.41. The van der Waals surface area contributed by atoms with Crippen LogP contribution in [0.1, 0.15) is 10.4 Å². The molecule has 5 heteroatoms. The number of nitrogens with one attached hydrogen (secondary N) is 1. The van der Waals surface area contributed by atoms with Crippen LogP contribution >= 0.6 is 11.8 Å². The number of carbonyl (C=O) groups excluding carboxylic acids is 2. The van der Waals surface area contributed by atoms with Crippen LogP contribution in [0, 0.1) is 0 Å². The highest BCUT2D eigenvalue weighted by atomic mass is 32.2. The molecule has 0 aliphatic carbocycles. The van der Waals surface area contributed by atoms with E-state index in [0.717, 1.165) is 10.6 Å². The molecule has 1 heterocycles. The fourth-order valence-electron chi connectivity index (χ4n) is 1.23. The minimum absolute atomic E-state index is 0.0191. The molecule has 0 atom stereocenters. The van der Waals surface area contributed by atoms with Crippen molar-refractivity contribution < 1.29 is 9.59 Å². The Labute approximate surface area is 84.9 Å². The first-order valence-corrected chi connectivity index (χ1v) is 5.02. The van der Waals surface area contributed by atoms with Gasteiger partial charge in [0.15, 0.2) is 0 Å².